The van der Waals surface area contributed by atoms with Crippen molar-refractivity contribution in [3.63, 3.8) is 0 Å². The van der Waals surface area contributed by atoms with Crippen molar-refractivity contribution in [3.8, 4) is 0 Å². The number of carbonyl (C=O) groups excluding carboxylic acids is 4. The van der Waals surface area contributed by atoms with Crippen LogP contribution in [-0.4, -0.2) is 65.1 Å². The molecule has 4 amide bonds. The van der Waals surface area contributed by atoms with E-state index in [0.717, 1.165) is 46.1 Å². The van der Waals surface area contributed by atoms with Crippen LogP contribution in [-0.2, 0) is 32.0 Å². The summed E-state index contributed by atoms with van der Waals surface area (Å²) in [7, 11) is 0. The number of nitrogens with one attached hydrogen (secondary N) is 2. The Morgan fingerprint density at radius 2 is 1.12 bits per heavy atom. The number of hydrogen-bond acceptors (Lipinski definition) is 12. The Balaban J connectivity index is 0.938. The lowest BCUT2D eigenvalue weighted by Gasteiger charge is -2.14. The predicted molar refractivity (Wildman–Crippen MR) is 219 cm³/mol. The highest BCUT2D eigenvalue weighted by Crippen LogP contribution is 2.42. The number of anilines is 2. The summed E-state index contributed by atoms with van der Waals surface area (Å²) in [5.74, 6) is -1.15. The zero-order valence-corrected chi connectivity index (χ0v) is 33.2. The summed E-state index contributed by atoms with van der Waals surface area (Å²) in [6.45, 7) is 4.58. The molecule has 6 rings (SSSR count). The number of thiazole rings is 2. The second kappa shape index (κ2) is 17.4. The Kier molecular flexibility index (Phi) is 12.7. The van der Waals surface area contributed by atoms with Crippen molar-refractivity contribution in [1.82, 2.24) is 19.8 Å². The van der Waals surface area contributed by atoms with Crippen LogP contribution in [0, 0.1) is 13.8 Å². The molecule has 2 aromatic carbocycles. The molecule has 268 valence electrons. The van der Waals surface area contributed by atoms with Crippen LogP contribution >= 0.6 is 70.6 Å². The first-order valence-electron chi connectivity index (χ1n) is 16.4. The summed E-state index contributed by atoms with van der Waals surface area (Å²) >= 11 is 16.0. The van der Waals surface area contributed by atoms with Gasteiger partial charge in [-0.15, -0.1) is 22.7 Å². The van der Waals surface area contributed by atoms with Gasteiger partial charge < -0.3 is 10.6 Å². The summed E-state index contributed by atoms with van der Waals surface area (Å²) in [6.07, 6.45) is 6.13. The molecule has 0 aliphatic carbocycles. The predicted octanol–water partition coefficient (Wildman–Crippen LogP) is 7.47. The number of thioether (sulfide) groups is 2. The van der Waals surface area contributed by atoms with Gasteiger partial charge in [0.05, 0.1) is 9.81 Å². The molecule has 2 N–H and O–H groups in total. The molecule has 4 aromatic rings. The standard InChI is InChI=1S/C36H34N6O4S6/c1-21-7-3-9-23(15-21)17-25-19-37-33(49-25)39-27(43)11-5-13-41-31(45)29(51-35(41)47)30-32(46)42(36(48)52-30)14-6-12-28(44)40-34-38-20-26(50-34)18-24-10-4-8-22(2)16-24/h3-4,7-10,15-16,19-20H,5-6,11-14,17-18H2,1-2H3,(H,37,39,43)(H,38,40,44)/b30-29+. The smallest absolute Gasteiger partial charge is 0.267 e. The molecule has 2 fully saturated rings. The molecule has 0 saturated carbocycles. The fourth-order valence-electron chi connectivity index (χ4n) is 5.56. The minimum atomic E-state index is -0.374. The van der Waals surface area contributed by atoms with Crippen LogP contribution in [0.1, 0.15) is 57.7 Å². The van der Waals surface area contributed by atoms with Crippen LogP contribution in [0.3, 0.4) is 0 Å². The van der Waals surface area contributed by atoms with Gasteiger partial charge in [-0.05, 0) is 37.8 Å². The topological polar surface area (TPSA) is 125 Å². The largest absolute Gasteiger partial charge is 0.302 e. The number of benzene rings is 2. The number of aryl methyl sites for hydroxylation is 2. The highest BCUT2D eigenvalue weighted by atomic mass is 32.2. The lowest BCUT2D eigenvalue weighted by Crippen LogP contribution is -2.31. The van der Waals surface area contributed by atoms with E-state index in [1.165, 1.54) is 54.7 Å². The maximum atomic E-state index is 13.4. The quantitative estimate of drug-likeness (QED) is 0.0980. The number of hydrogen-bond donors (Lipinski definition) is 2. The summed E-state index contributed by atoms with van der Waals surface area (Å²) in [6, 6.07) is 16.5. The van der Waals surface area contributed by atoms with E-state index in [4.69, 9.17) is 24.4 Å². The number of thiocarbonyl (C=S) groups is 2. The maximum absolute atomic E-state index is 13.4. The lowest BCUT2D eigenvalue weighted by atomic mass is 10.1. The van der Waals surface area contributed by atoms with Crippen LogP contribution < -0.4 is 10.6 Å². The van der Waals surface area contributed by atoms with Gasteiger partial charge >= 0.3 is 0 Å². The third-order valence-electron chi connectivity index (χ3n) is 8.00. The van der Waals surface area contributed by atoms with Gasteiger partial charge in [-0.25, -0.2) is 9.97 Å². The van der Waals surface area contributed by atoms with Crippen LogP contribution in [0.4, 0.5) is 10.3 Å². The molecule has 2 aromatic heterocycles. The first-order valence-corrected chi connectivity index (χ1v) is 20.5. The highest BCUT2D eigenvalue weighted by molar-refractivity contribution is 8.29. The van der Waals surface area contributed by atoms with Crippen molar-refractivity contribution >= 4 is 113 Å². The fraction of sp³-hybridized carbons (Fsp3) is 0.278. The Labute approximate surface area is 328 Å². The fourth-order valence-corrected chi connectivity index (χ4v) is 10.1. The molecule has 4 heterocycles. The van der Waals surface area contributed by atoms with E-state index in [1.54, 1.807) is 12.4 Å². The molecular formula is C36H34N6O4S6. The second-order valence-corrected chi connectivity index (χ2v) is 17.7. The molecule has 0 unspecified atom stereocenters. The third kappa shape index (κ3) is 9.79. The number of nitrogens with zero attached hydrogens (tertiary/aromatic N) is 4. The number of amides is 4. The van der Waals surface area contributed by atoms with E-state index in [9.17, 15) is 19.2 Å². The monoisotopic (exact) mass is 806 g/mol. The highest BCUT2D eigenvalue weighted by Gasteiger charge is 2.41. The maximum Gasteiger partial charge on any atom is 0.267 e. The molecule has 2 saturated heterocycles. The van der Waals surface area contributed by atoms with Crippen molar-refractivity contribution < 1.29 is 19.2 Å². The van der Waals surface area contributed by atoms with Gasteiger partial charge in [0.15, 0.2) is 10.3 Å². The zero-order chi connectivity index (χ0) is 36.8. The normalized spacial score (nSPS) is 16.0. The van der Waals surface area contributed by atoms with E-state index in [0.29, 0.717) is 31.7 Å². The Bertz CT molecular complexity index is 1950. The van der Waals surface area contributed by atoms with Gasteiger partial charge in [-0.2, -0.15) is 0 Å². The lowest BCUT2D eigenvalue weighted by molar-refractivity contribution is -0.124. The van der Waals surface area contributed by atoms with Crippen molar-refractivity contribution in [3.05, 3.63) is 103 Å². The van der Waals surface area contributed by atoms with Crippen molar-refractivity contribution in [2.75, 3.05) is 23.7 Å². The van der Waals surface area contributed by atoms with Crippen LogP contribution in [0.2, 0.25) is 0 Å². The van der Waals surface area contributed by atoms with Gasteiger partial charge in [0.2, 0.25) is 11.8 Å². The Hall–Kier alpha value is -3.80. The molecule has 0 atom stereocenters. The average molecular weight is 807 g/mol. The molecule has 0 spiro atoms. The first kappa shape index (κ1) is 37.9. The Morgan fingerprint density at radius 1 is 0.692 bits per heavy atom. The van der Waals surface area contributed by atoms with E-state index < -0.39 is 0 Å². The van der Waals surface area contributed by atoms with Gasteiger partial charge in [0.25, 0.3) is 11.8 Å². The van der Waals surface area contributed by atoms with Gasteiger partial charge in [-0.1, -0.05) is 108 Å². The molecule has 0 radical (unpaired) electrons. The van der Waals surface area contributed by atoms with Crippen molar-refractivity contribution in [2.45, 2.75) is 52.4 Å². The van der Waals surface area contributed by atoms with E-state index in [-0.39, 0.29) is 59.4 Å². The summed E-state index contributed by atoms with van der Waals surface area (Å²) in [5.41, 5.74) is 4.75. The third-order valence-corrected chi connectivity index (χ3v) is 12.8. The summed E-state index contributed by atoms with van der Waals surface area (Å²) < 4.78 is 0.652. The second-order valence-electron chi connectivity index (χ2n) is 12.2. The number of rotatable bonds is 14. The zero-order valence-electron chi connectivity index (χ0n) is 28.3. The number of carbonyl (C=O) groups is 4. The first-order chi connectivity index (χ1) is 25.0. The summed E-state index contributed by atoms with van der Waals surface area (Å²) in [4.78, 5) is 66.1. The van der Waals surface area contributed by atoms with Crippen molar-refractivity contribution in [1.29, 1.82) is 0 Å². The number of aromatic nitrogens is 2. The van der Waals surface area contributed by atoms with E-state index in [2.05, 4.69) is 70.8 Å². The van der Waals surface area contributed by atoms with Crippen LogP contribution in [0.25, 0.3) is 0 Å². The van der Waals surface area contributed by atoms with Crippen LogP contribution in [0.5, 0.6) is 0 Å². The van der Waals surface area contributed by atoms with E-state index in [1.807, 2.05) is 12.1 Å². The SMILES string of the molecule is Cc1cccc(Cc2cnc(NC(=O)CCCN3C(=O)/C(=C4\SC(=S)N(CCCC(=O)Nc5ncc(Cc6cccc(C)c6)s5)C4=O)SC3=S)s2)c1. The molecule has 16 heteroatoms. The van der Waals surface area contributed by atoms with Gasteiger partial charge in [0.1, 0.15) is 8.64 Å². The Morgan fingerprint density at radius 3 is 1.52 bits per heavy atom. The summed E-state index contributed by atoms with van der Waals surface area (Å²) in [5, 5.41) is 6.75. The van der Waals surface area contributed by atoms with E-state index >= 15 is 0 Å². The molecule has 2 aliphatic heterocycles. The van der Waals surface area contributed by atoms with Crippen molar-refractivity contribution in [2.24, 2.45) is 0 Å². The molecule has 0 bridgehead atoms. The molecule has 52 heavy (non-hydrogen) atoms. The minimum absolute atomic E-state index is 0.173. The molecule has 2 aliphatic rings. The molecule has 10 nitrogen and oxygen atoms in total. The average Bonchev–Trinajstić information content (AvgIpc) is 3.86. The minimum Gasteiger partial charge on any atom is -0.302 e. The van der Waals surface area contributed by atoms with Gasteiger partial charge in [-0.3, -0.25) is 29.0 Å². The van der Waals surface area contributed by atoms with Gasteiger partial charge in [0, 0.05) is 60.9 Å². The van der Waals surface area contributed by atoms with Crippen LogP contribution in [0.15, 0.2) is 70.7 Å². The molecular weight excluding hydrogens is 773 g/mol.